The van der Waals surface area contributed by atoms with Gasteiger partial charge in [-0.25, -0.2) is 4.79 Å². The van der Waals surface area contributed by atoms with E-state index in [0.717, 1.165) is 19.3 Å². The second-order valence-corrected chi connectivity index (χ2v) is 9.74. The summed E-state index contributed by atoms with van der Waals surface area (Å²) in [6.45, 7) is 2.61. The summed E-state index contributed by atoms with van der Waals surface area (Å²) in [6, 6.07) is -0.891. The van der Waals surface area contributed by atoms with Crippen molar-refractivity contribution in [3.63, 3.8) is 0 Å². The van der Waals surface area contributed by atoms with Gasteiger partial charge in [-0.3, -0.25) is 14.7 Å². The van der Waals surface area contributed by atoms with Gasteiger partial charge in [0.1, 0.15) is 6.04 Å². The van der Waals surface area contributed by atoms with Crippen LogP contribution in [0.4, 0.5) is 0 Å². The predicted molar refractivity (Wildman–Crippen MR) is 144 cm³/mol. The third kappa shape index (κ3) is 23.7. The summed E-state index contributed by atoms with van der Waals surface area (Å²) in [5.74, 6) is -1.11. The van der Waals surface area contributed by atoms with Gasteiger partial charge in [-0.15, -0.1) is 0 Å². The zero-order valence-electron chi connectivity index (χ0n) is 22.4. The Hall–Kier alpha value is -1.83. The number of hydrogen-bond donors (Lipinski definition) is 4. The van der Waals surface area contributed by atoms with E-state index < -0.39 is 12.0 Å². The first-order valence-corrected chi connectivity index (χ1v) is 14.2. The van der Waals surface area contributed by atoms with Crippen molar-refractivity contribution in [3.05, 3.63) is 0 Å². The molecule has 8 nitrogen and oxygen atoms in total. The highest BCUT2D eigenvalue weighted by Crippen LogP contribution is 2.14. The molecule has 0 aliphatic rings. The molecule has 1 amide bonds. The molecule has 0 aromatic carbocycles. The van der Waals surface area contributed by atoms with Crippen molar-refractivity contribution in [2.75, 3.05) is 6.54 Å². The van der Waals surface area contributed by atoms with Crippen LogP contribution >= 0.6 is 0 Å². The molecule has 1 atom stereocenters. The number of rotatable bonds is 25. The molecule has 0 aliphatic carbocycles. The molecule has 0 heterocycles. The first kappa shape index (κ1) is 33.2. The molecule has 206 valence electrons. The van der Waals surface area contributed by atoms with Gasteiger partial charge in [0.15, 0.2) is 5.96 Å². The summed E-state index contributed by atoms with van der Waals surface area (Å²) < 4.78 is 0. The first-order valence-electron chi connectivity index (χ1n) is 14.2. The second kappa shape index (κ2) is 25.3. The Labute approximate surface area is 214 Å². The Morgan fingerprint density at radius 2 is 1.17 bits per heavy atom. The number of unbranched alkanes of at least 4 members (excludes halogenated alkanes) is 17. The van der Waals surface area contributed by atoms with Crippen LogP contribution in [0.15, 0.2) is 4.99 Å². The quantitative estimate of drug-likeness (QED) is 0.0402. The van der Waals surface area contributed by atoms with E-state index in [2.05, 4.69) is 22.1 Å². The van der Waals surface area contributed by atoms with Crippen LogP contribution in [-0.4, -0.2) is 35.7 Å². The zero-order valence-corrected chi connectivity index (χ0v) is 22.4. The number of aliphatic imine (C=N–C) groups is 1. The van der Waals surface area contributed by atoms with Crippen LogP contribution in [0.5, 0.6) is 0 Å². The van der Waals surface area contributed by atoms with Gasteiger partial charge in [-0.05, 0) is 19.3 Å². The van der Waals surface area contributed by atoms with Gasteiger partial charge in [-0.2, -0.15) is 5.26 Å². The summed E-state index contributed by atoms with van der Waals surface area (Å²) in [5.41, 5.74) is 10.5. The molecule has 0 saturated carbocycles. The van der Waals surface area contributed by atoms with E-state index in [0.29, 0.717) is 25.8 Å². The lowest BCUT2D eigenvalue weighted by Gasteiger charge is -2.15. The SMILES string of the molecule is CCCCCCCCCCCCCCCCCCCCC(=O)NC(CCCN=C(N)N)C(=O)OO. The van der Waals surface area contributed by atoms with Gasteiger partial charge in [0.25, 0.3) is 0 Å². The number of carbonyl (C=O) groups excluding carboxylic acids is 2. The molecule has 0 saturated heterocycles. The number of guanidine groups is 1. The Morgan fingerprint density at radius 3 is 1.57 bits per heavy atom. The van der Waals surface area contributed by atoms with Crippen LogP contribution in [0.25, 0.3) is 0 Å². The fraction of sp³-hybridized carbons (Fsp3) is 0.889. The van der Waals surface area contributed by atoms with Crippen molar-refractivity contribution in [2.24, 2.45) is 16.5 Å². The maximum Gasteiger partial charge on any atom is 0.364 e. The van der Waals surface area contributed by atoms with Crippen LogP contribution in [0.1, 0.15) is 142 Å². The summed E-state index contributed by atoms with van der Waals surface area (Å²) in [5, 5.41) is 11.3. The molecule has 8 heteroatoms. The van der Waals surface area contributed by atoms with Crippen molar-refractivity contribution < 1.29 is 19.7 Å². The molecular formula is C27H54N4O4. The molecule has 0 aromatic rings. The normalized spacial score (nSPS) is 11.7. The third-order valence-corrected chi connectivity index (χ3v) is 6.41. The minimum Gasteiger partial charge on any atom is -0.370 e. The van der Waals surface area contributed by atoms with Crippen molar-refractivity contribution in [1.82, 2.24) is 5.32 Å². The standard InChI is InChI=1S/C27H54N4O4/c1-2-3-4-5-6-7-8-9-10-11-12-13-14-15-16-17-18-19-22-25(32)31-24(26(33)35-34)21-20-23-30-27(28)29/h24,34H,2-23H2,1H3,(H,31,32)(H4,28,29,30). The maximum atomic E-state index is 12.1. The molecule has 0 aliphatic heterocycles. The van der Waals surface area contributed by atoms with Crippen LogP contribution in [-0.2, 0) is 14.5 Å². The molecule has 0 aromatic heterocycles. The number of nitrogens with two attached hydrogens (primary N) is 2. The minimum absolute atomic E-state index is 0.0237. The van der Waals surface area contributed by atoms with E-state index in [1.54, 1.807) is 0 Å². The smallest absolute Gasteiger partial charge is 0.364 e. The summed E-state index contributed by atoms with van der Waals surface area (Å²) in [6.07, 6.45) is 24.5. The highest BCUT2D eigenvalue weighted by atomic mass is 17.1. The van der Waals surface area contributed by atoms with Gasteiger partial charge in [0.05, 0.1) is 0 Å². The minimum atomic E-state index is -0.891. The molecule has 1 unspecified atom stereocenters. The van der Waals surface area contributed by atoms with Crippen LogP contribution in [0.2, 0.25) is 0 Å². The van der Waals surface area contributed by atoms with E-state index in [9.17, 15) is 9.59 Å². The van der Waals surface area contributed by atoms with Crippen molar-refractivity contribution in [1.29, 1.82) is 0 Å². The van der Waals surface area contributed by atoms with Crippen LogP contribution < -0.4 is 16.8 Å². The molecular weight excluding hydrogens is 444 g/mol. The topological polar surface area (TPSA) is 140 Å². The molecule has 0 radical (unpaired) electrons. The number of hydrogen-bond acceptors (Lipinski definition) is 5. The van der Waals surface area contributed by atoms with Crippen molar-refractivity contribution in [2.45, 2.75) is 148 Å². The van der Waals surface area contributed by atoms with Crippen molar-refractivity contribution >= 4 is 17.8 Å². The Kier molecular flexibility index (Phi) is 23.9. The molecule has 0 rings (SSSR count). The highest BCUT2D eigenvalue weighted by Gasteiger charge is 2.22. The maximum absolute atomic E-state index is 12.1. The second-order valence-electron chi connectivity index (χ2n) is 9.74. The number of nitrogens with one attached hydrogen (secondary N) is 1. The fourth-order valence-corrected chi connectivity index (χ4v) is 4.27. The lowest BCUT2D eigenvalue weighted by molar-refractivity contribution is -0.236. The Bertz CT molecular complexity index is 539. The lowest BCUT2D eigenvalue weighted by atomic mass is 10.0. The van der Waals surface area contributed by atoms with E-state index in [1.165, 1.54) is 96.3 Å². The number of carbonyl (C=O) groups is 2. The molecule has 6 N–H and O–H groups in total. The third-order valence-electron chi connectivity index (χ3n) is 6.41. The van der Waals surface area contributed by atoms with Gasteiger partial charge >= 0.3 is 5.97 Å². The Balaban J connectivity index is 3.54. The molecule has 0 fully saturated rings. The number of amides is 1. The lowest BCUT2D eigenvalue weighted by Crippen LogP contribution is -2.41. The van der Waals surface area contributed by atoms with E-state index >= 15 is 0 Å². The molecule has 0 spiro atoms. The summed E-state index contributed by atoms with van der Waals surface area (Å²) in [7, 11) is 0. The molecule has 35 heavy (non-hydrogen) atoms. The van der Waals surface area contributed by atoms with Gasteiger partial charge in [-0.1, -0.05) is 116 Å². The Morgan fingerprint density at radius 1 is 0.743 bits per heavy atom. The van der Waals surface area contributed by atoms with Crippen LogP contribution in [0.3, 0.4) is 0 Å². The van der Waals surface area contributed by atoms with Gasteiger partial charge in [0.2, 0.25) is 5.91 Å². The largest absolute Gasteiger partial charge is 0.370 e. The predicted octanol–water partition coefficient (Wildman–Crippen LogP) is 5.97. The highest BCUT2D eigenvalue weighted by molar-refractivity contribution is 5.84. The summed E-state index contributed by atoms with van der Waals surface area (Å²) in [4.78, 5) is 31.4. The van der Waals surface area contributed by atoms with E-state index in [1.807, 2.05) is 0 Å². The monoisotopic (exact) mass is 498 g/mol. The fourth-order valence-electron chi connectivity index (χ4n) is 4.27. The average Bonchev–Trinajstić information content (AvgIpc) is 2.84. The van der Waals surface area contributed by atoms with Gasteiger partial charge in [0, 0.05) is 13.0 Å². The summed E-state index contributed by atoms with van der Waals surface area (Å²) >= 11 is 0. The molecule has 0 bridgehead atoms. The van der Waals surface area contributed by atoms with Crippen molar-refractivity contribution in [3.8, 4) is 0 Å². The number of nitrogens with zero attached hydrogens (tertiary/aromatic N) is 1. The van der Waals surface area contributed by atoms with E-state index in [4.69, 9.17) is 16.7 Å². The first-order chi connectivity index (χ1) is 17.0. The van der Waals surface area contributed by atoms with E-state index in [-0.39, 0.29) is 11.9 Å². The average molecular weight is 499 g/mol. The zero-order chi connectivity index (χ0) is 26.0. The van der Waals surface area contributed by atoms with Crippen LogP contribution in [0, 0.1) is 0 Å². The van der Waals surface area contributed by atoms with Gasteiger partial charge < -0.3 is 16.8 Å².